The zero-order valence-electron chi connectivity index (χ0n) is 14.1. The van der Waals surface area contributed by atoms with Crippen molar-refractivity contribution >= 4 is 12.0 Å². The monoisotopic (exact) mass is 318 g/mol. The van der Waals surface area contributed by atoms with Crippen LogP contribution >= 0.6 is 0 Å². The third kappa shape index (κ3) is 4.03. The number of carbonyl (C=O) groups is 2. The minimum Gasteiger partial charge on any atom is -0.444 e. The van der Waals surface area contributed by atoms with E-state index >= 15 is 0 Å². The Morgan fingerprint density at radius 1 is 1.43 bits per heavy atom. The minimum atomic E-state index is -0.576. The quantitative estimate of drug-likeness (QED) is 0.786. The molecule has 4 atom stereocenters. The largest absolute Gasteiger partial charge is 0.444 e. The molecule has 1 fully saturated rings. The second-order valence-electron chi connectivity index (χ2n) is 7.16. The second-order valence-corrected chi connectivity index (χ2v) is 7.16. The summed E-state index contributed by atoms with van der Waals surface area (Å²) in [5.74, 6) is -0.270. The Balaban J connectivity index is 2.21. The van der Waals surface area contributed by atoms with E-state index in [0.29, 0.717) is 6.54 Å². The molecule has 0 radical (unpaired) electrons. The molecule has 1 saturated carbocycles. The Kier molecular flexibility index (Phi) is 4.97. The molecule has 5 heteroatoms. The van der Waals surface area contributed by atoms with Gasteiger partial charge in [-0.2, -0.15) is 0 Å². The van der Waals surface area contributed by atoms with Crippen molar-refractivity contribution in [1.29, 1.82) is 0 Å². The topological polar surface area (TPSA) is 67.4 Å². The van der Waals surface area contributed by atoms with Gasteiger partial charge in [-0.1, -0.05) is 24.8 Å². The molecule has 0 aromatic rings. The van der Waals surface area contributed by atoms with Crippen LogP contribution < -0.4 is 10.6 Å². The normalized spacial score (nSPS) is 30.4. The zero-order chi connectivity index (χ0) is 17.2. The molecule has 1 aliphatic carbocycles. The van der Waals surface area contributed by atoms with E-state index in [-0.39, 0.29) is 29.7 Å². The number of ether oxygens (including phenoxy) is 1. The fraction of sp³-hybridized carbons (Fsp3) is 0.556. The number of allylic oxidation sites excluding steroid dienone is 1. The van der Waals surface area contributed by atoms with Crippen molar-refractivity contribution in [3.05, 3.63) is 37.0 Å². The van der Waals surface area contributed by atoms with E-state index in [1.807, 2.05) is 26.8 Å². The fourth-order valence-corrected chi connectivity index (χ4v) is 3.33. The van der Waals surface area contributed by atoms with E-state index in [1.165, 1.54) is 0 Å². The summed E-state index contributed by atoms with van der Waals surface area (Å²) in [5.41, 5.74) is 0.430. The third-order valence-corrected chi connectivity index (χ3v) is 4.30. The van der Waals surface area contributed by atoms with E-state index in [1.54, 1.807) is 6.08 Å². The van der Waals surface area contributed by atoms with Gasteiger partial charge in [0.05, 0.1) is 12.0 Å². The van der Waals surface area contributed by atoms with Crippen molar-refractivity contribution in [2.45, 2.75) is 38.8 Å². The maximum absolute atomic E-state index is 12.5. The predicted molar refractivity (Wildman–Crippen MR) is 89.7 cm³/mol. The van der Waals surface area contributed by atoms with Crippen LogP contribution in [0.25, 0.3) is 0 Å². The highest BCUT2D eigenvalue weighted by Gasteiger charge is 2.47. The summed E-state index contributed by atoms with van der Waals surface area (Å²) >= 11 is 0. The Morgan fingerprint density at radius 2 is 2.13 bits per heavy atom. The first kappa shape index (κ1) is 17.3. The third-order valence-electron chi connectivity index (χ3n) is 4.30. The molecular weight excluding hydrogens is 292 g/mol. The van der Waals surface area contributed by atoms with Gasteiger partial charge in [-0.15, -0.1) is 6.58 Å². The lowest BCUT2D eigenvalue weighted by Crippen LogP contribution is -2.48. The molecule has 126 valence electrons. The van der Waals surface area contributed by atoms with Crippen molar-refractivity contribution in [3.8, 4) is 0 Å². The van der Waals surface area contributed by atoms with Gasteiger partial charge in [0, 0.05) is 6.54 Å². The number of carbonyl (C=O) groups excluding carboxylic acids is 2. The van der Waals surface area contributed by atoms with Gasteiger partial charge in [0.25, 0.3) is 0 Å². The number of alkyl carbamates (subject to hydrolysis) is 1. The Bertz CT molecular complexity index is 545. The predicted octanol–water partition coefficient (Wildman–Crippen LogP) is 2.56. The number of rotatable bonds is 3. The van der Waals surface area contributed by atoms with Crippen molar-refractivity contribution < 1.29 is 14.3 Å². The highest BCUT2D eigenvalue weighted by Crippen LogP contribution is 2.40. The molecule has 0 unspecified atom stereocenters. The van der Waals surface area contributed by atoms with Crippen molar-refractivity contribution in [2.24, 2.45) is 17.8 Å². The molecule has 2 amide bonds. The zero-order valence-corrected chi connectivity index (χ0v) is 14.1. The van der Waals surface area contributed by atoms with Crippen LogP contribution in [0.4, 0.5) is 4.79 Å². The maximum atomic E-state index is 12.5. The lowest BCUT2D eigenvalue weighted by atomic mass is 9.91. The maximum Gasteiger partial charge on any atom is 0.407 e. The Morgan fingerprint density at radius 3 is 2.70 bits per heavy atom. The molecule has 0 aromatic carbocycles. The van der Waals surface area contributed by atoms with Gasteiger partial charge in [0.1, 0.15) is 5.60 Å². The summed E-state index contributed by atoms with van der Waals surface area (Å²) in [4.78, 5) is 24.6. The number of hydrogen-bond acceptors (Lipinski definition) is 3. The molecule has 0 bridgehead atoms. The van der Waals surface area contributed by atoms with Crippen LogP contribution in [0.3, 0.4) is 0 Å². The molecule has 2 aliphatic rings. The average Bonchev–Trinajstić information content (AvgIpc) is 2.69. The number of hydrogen-bond donors (Lipinski definition) is 2. The molecule has 5 nitrogen and oxygen atoms in total. The van der Waals surface area contributed by atoms with Gasteiger partial charge in [-0.3, -0.25) is 4.79 Å². The van der Waals surface area contributed by atoms with Crippen molar-refractivity contribution in [3.63, 3.8) is 0 Å². The molecule has 2 rings (SSSR count). The van der Waals surface area contributed by atoms with Gasteiger partial charge in [0.2, 0.25) is 5.91 Å². The summed E-state index contributed by atoms with van der Waals surface area (Å²) in [7, 11) is 0. The fourth-order valence-electron chi connectivity index (χ4n) is 3.33. The van der Waals surface area contributed by atoms with Crippen LogP contribution in [0.1, 0.15) is 27.2 Å². The van der Waals surface area contributed by atoms with Gasteiger partial charge in [-0.25, -0.2) is 4.79 Å². The van der Waals surface area contributed by atoms with E-state index in [4.69, 9.17) is 4.74 Å². The van der Waals surface area contributed by atoms with Crippen molar-refractivity contribution in [1.82, 2.24) is 10.6 Å². The highest BCUT2D eigenvalue weighted by molar-refractivity contribution is 5.82. The van der Waals surface area contributed by atoms with E-state index in [0.717, 1.165) is 12.0 Å². The second kappa shape index (κ2) is 6.60. The molecule has 0 saturated heterocycles. The molecule has 2 N–H and O–H groups in total. The number of amides is 2. The number of fused-ring (bicyclic) bond motifs is 1. The smallest absolute Gasteiger partial charge is 0.407 e. The molecule has 0 aromatic heterocycles. The Hall–Kier alpha value is -2.04. The average molecular weight is 318 g/mol. The Labute approximate surface area is 137 Å². The number of nitrogens with one attached hydrogen (secondary N) is 2. The first-order valence-corrected chi connectivity index (χ1v) is 7.98. The van der Waals surface area contributed by atoms with Gasteiger partial charge < -0.3 is 15.4 Å². The summed E-state index contributed by atoms with van der Waals surface area (Å²) in [6.45, 7) is 13.6. The van der Waals surface area contributed by atoms with Gasteiger partial charge in [0.15, 0.2) is 0 Å². The van der Waals surface area contributed by atoms with Crippen LogP contribution in [-0.4, -0.2) is 30.2 Å². The highest BCUT2D eigenvalue weighted by atomic mass is 16.6. The minimum absolute atomic E-state index is 0.0312. The first-order valence-electron chi connectivity index (χ1n) is 7.98. The molecule has 0 spiro atoms. The van der Waals surface area contributed by atoms with Crippen LogP contribution in [0.15, 0.2) is 37.0 Å². The molecule has 1 aliphatic heterocycles. The van der Waals surface area contributed by atoms with Crippen LogP contribution in [-0.2, 0) is 9.53 Å². The summed E-state index contributed by atoms with van der Waals surface area (Å²) in [6, 6.07) is -0.312. The summed E-state index contributed by atoms with van der Waals surface area (Å²) in [5, 5.41) is 5.79. The first-order chi connectivity index (χ1) is 10.7. The van der Waals surface area contributed by atoms with E-state index in [2.05, 4.69) is 29.9 Å². The van der Waals surface area contributed by atoms with E-state index in [9.17, 15) is 9.59 Å². The van der Waals surface area contributed by atoms with E-state index < -0.39 is 11.7 Å². The molecular formula is C18H26N2O3. The molecule has 1 heterocycles. The van der Waals surface area contributed by atoms with Gasteiger partial charge >= 0.3 is 6.09 Å². The lowest BCUT2D eigenvalue weighted by molar-refractivity contribution is -0.125. The van der Waals surface area contributed by atoms with Crippen LogP contribution in [0.5, 0.6) is 0 Å². The lowest BCUT2D eigenvalue weighted by Gasteiger charge is -2.27. The molecule has 23 heavy (non-hydrogen) atoms. The standard InChI is InChI=1S/C18H26N2O3/c1-6-11-8-13-9-12(7-2)15(14(13)16(21)19-10-11)20-17(22)23-18(3,4)5/h6-8,12-15H,1-2,9-10H2,3-5H3,(H,19,21)(H,20,22)/t12-,13+,14-,15+/m1/s1. The van der Waals surface area contributed by atoms with Crippen LogP contribution in [0, 0.1) is 17.8 Å². The SMILES string of the molecule is C=CC1=C[C@H]2C[C@@H](C=C)[C@H](NC(=O)OC(C)(C)C)[C@@H]2C(=O)NC1. The summed E-state index contributed by atoms with van der Waals surface area (Å²) < 4.78 is 5.33. The van der Waals surface area contributed by atoms with Gasteiger partial charge in [-0.05, 0) is 44.6 Å². The van der Waals surface area contributed by atoms with Crippen molar-refractivity contribution in [2.75, 3.05) is 6.54 Å². The van der Waals surface area contributed by atoms with Crippen LogP contribution in [0.2, 0.25) is 0 Å². The summed E-state index contributed by atoms with van der Waals surface area (Å²) in [6.07, 6.45) is 5.94.